The number of carboxylic acids is 1. The second-order valence-electron chi connectivity index (χ2n) is 7.40. The lowest BCUT2D eigenvalue weighted by molar-refractivity contribution is 0.0697. The fraction of sp³-hybridized carbons (Fsp3) is 0.200. The van der Waals surface area contributed by atoms with Gasteiger partial charge in [0, 0.05) is 6.07 Å². The Labute approximate surface area is 180 Å². The molecule has 0 radical (unpaired) electrons. The van der Waals surface area contributed by atoms with E-state index in [0.29, 0.717) is 35.9 Å². The first kappa shape index (κ1) is 20.3. The molecule has 2 N–H and O–H groups in total. The zero-order chi connectivity index (χ0) is 21.8. The first-order valence-electron chi connectivity index (χ1n) is 10.2. The van der Waals surface area contributed by atoms with E-state index in [1.807, 2.05) is 42.5 Å². The van der Waals surface area contributed by atoms with E-state index in [2.05, 4.69) is 18.3 Å². The Hall–Kier alpha value is -3.98. The lowest BCUT2D eigenvalue weighted by Gasteiger charge is -2.24. The maximum atomic E-state index is 11.7. The van der Waals surface area contributed by atoms with Crippen molar-refractivity contribution < 1.29 is 19.4 Å². The molecule has 1 aliphatic heterocycles. The smallest absolute Gasteiger partial charge is 0.338 e. The van der Waals surface area contributed by atoms with Crippen LogP contribution in [-0.2, 0) is 6.42 Å². The summed E-state index contributed by atoms with van der Waals surface area (Å²) in [6.07, 6.45) is 2.82. The van der Waals surface area contributed by atoms with E-state index in [-0.39, 0.29) is 11.1 Å². The monoisotopic (exact) mass is 414 g/mol. The molecule has 0 saturated heterocycles. The van der Waals surface area contributed by atoms with Gasteiger partial charge in [-0.1, -0.05) is 31.5 Å². The van der Waals surface area contributed by atoms with E-state index in [1.54, 1.807) is 0 Å². The molecule has 31 heavy (non-hydrogen) atoms. The van der Waals surface area contributed by atoms with Gasteiger partial charge in [-0.2, -0.15) is 5.26 Å². The number of nitriles is 1. The molecule has 6 heteroatoms. The minimum atomic E-state index is -1.12. The van der Waals surface area contributed by atoms with Crippen LogP contribution >= 0.6 is 0 Å². The fourth-order valence-electron chi connectivity index (χ4n) is 3.50. The average molecular weight is 414 g/mol. The highest BCUT2D eigenvalue weighted by Crippen LogP contribution is 2.44. The third-order valence-electron chi connectivity index (χ3n) is 5.06. The molecule has 0 amide bonds. The van der Waals surface area contributed by atoms with Crippen LogP contribution in [0.3, 0.4) is 0 Å². The molecule has 156 valence electrons. The van der Waals surface area contributed by atoms with Crippen molar-refractivity contribution in [2.45, 2.75) is 26.2 Å². The summed E-state index contributed by atoms with van der Waals surface area (Å²) in [6, 6.07) is 18.7. The fourth-order valence-corrected chi connectivity index (χ4v) is 3.50. The SMILES string of the molecule is CCCCOc1cccc(Cc2ccc3c(c2)Nc2c(cc(C#N)cc2C(=O)O)O3)c1. The Kier molecular flexibility index (Phi) is 5.76. The first-order valence-corrected chi connectivity index (χ1v) is 10.2. The molecule has 0 saturated carbocycles. The van der Waals surface area contributed by atoms with Gasteiger partial charge in [0.2, 0.25) is 0 Å². The third-order valence-corrected chi connectivity index (χ3v) is 5.06. The van der Waals surface area contributed by atoms with E-state index >= 15 is 0 Å². The minimum Gasteiger partial charge on any atom is -0.494 e. The van der Waals surface area contributed by atoms with Crippen LogP contribution in [0.4, 0.5) is 11.4 Å². The Morgan fingerprint density at radius 2 is 1.97 bits per heavy atom. The lowest BCUT2D eigenvalue weighted by atomic mass is 10.0. The molecule has 0 fully saturated rings. The standard InChI is InChI=1S/C25H22N2O4/c1-2-3-9-30-19-6-4-5-16(11-19)10-17-7-8-22-21(13-17)27-24-20(25(28)29)12-18(15-26)14-23(24)31-22/h4-8,11-14,27H,2-3,9-10H2,1H3,(H,28,29). The molecular weight excluding hydrogens is 392 g/mol. The van der Waals surface area contributed by atoms with Gasteiger partial charge in [-0.05, 0) is 54.3 Å². The Balaban J connectivity index is 1.57. The van der Waals surface area contributed by atoms with Crippen molar-refractivity contribution in [1.29, 1.82) is 5.26 Å². The topological polar surface area (TPSA) is 91.6 Å². The molecule has 6 nitrogen and oxygen atoms in total. The van der Waals surface area contributed by atoms with Gasteiger partial charge in [-0.25, -0.2) is 4.79 Å². The van der Waals surface area contributed by atoms with Crippen LogP contribution in [0, 0.1) is 11.3 Å². The van der Waals surface area contributed by atoms with Crippen LogP contribution in [0.25, 0.3) is 0 Å². The van der Waals surface area contributed by atoms with Crippen LogP contribution in [0.2, 0.25) is 0 Å². The lowest BCUT2D eigenvalue weighted by Crippen LogP contribution is -2.10. The summed E-state index contributed by atoms with van der Waals surface area (Å²) in [6.45, 7) is 2.84. The van der Waals surface area contributed by atoms with Crippen LogP contribution < -0.4 is 14.8 Å². The van der Waals surface area contributed by atoms with Gasteiger partial charge in [-0.15, -0.1) is 0 Å². The summed E-state index contributed by atoms with van der Waals surface area (Å²) < 4.78 is 11.7. The molecule has 4 rings (SSSR count). The molecule has 0 bridgehead atoms. The summed E-state index contributed by atoms with van der Waals surface area (Å²) in [4.78, 5) is 11.7. The highest BCUT2D eigenvalue weighted by Gasteiger charge is 2.24. The Morgan fingerprint density at radius 1 is 1.13 bits per heavy atom. The molecule has 0 atom stereocenters. The van der Waals surface area contributed by atoms with E-state index in [4.69, 9.17) is 14.7 Å². The number of nitrogens with zero attached hydrogens (tertiary/aromatic N) is 1. The second kappa shape index (κ2) is 8.80. The van der Waals surface area contributed by atoms with Crippen molar-refractivity contribution >= 4 is 17.3 Å². The molecule has 3 aromatic rings. The van der Waals surface area contributed by atoms with Crippen LogP contribution in [0.5, 0.6) is 17.2 Å². The summed E-state index contributed by atoms with van der Waals surface area (Å²) in [5.41, 5.74) is 3.45. The van der Waals surface area contributed by atoms with Gasteiger partial charge >= 0.3 is 5.97 Å². The van der Waals surface area contributed by atoms with Crippen LogP contribution in [0.1, 0.15) is 46.8 Å². The van der Waals surface area contributed by atoms with E-state index in [1.165, 1.54) is 12.1 Å². The van der Waals surface area contributed by atoms with E-state index < -0.39 is 5.97 Å². The maximum absolute atomic E-state index is 11.7. The normalized spacial score (nSPS) is 11.4. The van der Waals surface area contributed by atoms with Crippen molar-refractivity contribution in [2.24, 2.45) is 0 Å². The summed E-state index contributed by atoms with van der Waals surface area (Å²) in [5.74, 6) is 0.649. The maximum Gasteiger partial charge on any atom is 0.338 e. The van der Waals surface area contributed by atoms with Crippen molar-refractivity contribution in [1.82, 2.24) is 0 Å². The predicted octanol–water partition coefficient (Wildman–Crippen LogP) is 5.88. The van der Waals surface area contributed by atoms with Crippen molar-refractivity contribution in [3.63, 3.8) is 0 Å². The molecule has 0 spiro atoms. The first-order chi connectivity index (χ1) is 15.1. The summed E-state index contributed by atoms with van der Waals surface area (Å²) in [7, 11) is 0. The van der Waals surface area contributed by atoms with Crippen LogP contribution in [0.15, 0.2) is 54.6 Å². The summed E-state index contributed by atoms with van der Waals surface area (Å²) >= 11 is 0. The Bertz CT molecular complexity index is 1180. The van der Waals surface area contributed by atoms with Gasteiger partial charge in [0.15, 0.2) is 11.5 Å². The van der Waals surface area contributed by atoms with Gasteiger partial charge in [0.05, 0.1) is 35.2 Å². The number of aromatic carboxylic acids is 1. The van der Waals surface area contributed by atoms with Crippen LogP contribution in [-0.4, -0.2) is 17.7 Å². The second-order valence-corrected chi connectivity index (χ2v) is 7.40. The summed E-state index contributed by atoms with van der Waals surface area (Å²) in [5, 5.41) is 21.9. The van der Waals surface area contributed by atoms with Gasteiger partial charge < -0.3 is 19.9 Å². The quantitative estimate of drug-likeness (QED) is 0.367. The van der Waals surface area contributed by atoms with Crippen molar-refractivity contribution in [3.8, 4) is 23.3 Å². The van der Waals surface area contributed by atoms with Gasteiger partial charge in [0.25, 0.3) is 0 Å². The number of rotatable bonds is 7. The van der Waals surface area contributed by atoms with E-state index in [9.17, 15) is 9.90 Å². The number of nitrogens with one attached hydrogen (secondary N) is 1. The number of hydrogen-bond acceptors (Lipinski definition) is 5. The van der Waals surface area contributed by atoms with Gasteiger partial charge in [-0.3, -0.25) is 0 Å². The third kappa shape index (κ3) is 4.46. The zero-order valence-electron chi connectivity index (χ0n) is 17.1. The highest BCUT2D eigenvalue weighted by molar-refractivity contribution is 5.99. The molecule has 1 aliphatic rings. The molecular formula is C25H22N2O4. The number of hydrogen-bond donors (Lipinski definition) is 2. The number of unbranched alkanes of at least 4 members (excludes halogenated alkanes) is 1. The molecule has 0 aromatic heterocycles. The molecule has 3 aromatic carbocycles. The predicted molar refractivity (Wildman–Crippen MR) is 118 cm³/mol. The van der Waals surface area contributed by atoms with E-state index in [0.717, 1.165) is 29.7 Å². The largest absolute Gasteiger partial charge is 0.494 e. The minimum absolute atomic E-state index is 0.00188. The Morgan fingerprint density at radius 3 is 2.74 bits per heavy atom. The molecule has 1 heterocycles. The molecule has 0 unspecified atom stereocenters. The zero-order valence-corrected chi connectivity index (χ0v) is 17.1. The number of ether oxygens (including phenoxy) is 2. The number of carboxylic acid groups (broad SMARTS) is 1. The highest BCUT2D eigenvalue weighted by atomic mass is 16.5. The van der Waals surface area contributed by atoms with Gasteiger partial charge in [0.1, 0.15) is 5.75 Å². The number of anilines is 2. The van der Waals surface area contributed by atoms with Crippen molar-refractivity contribution in [2.75, 3.05) is 11.9 Å². The number of benzene rings is 3. The average Bonchev–Trinajstić information content (AvgIpc) is 2.77. The molecule has 0 aliphatic carbocycles. The van der Waals surface area contributed by atoms with Crippen molar-refractivity contribution in [3.05, 3.63) is 76.9 Å². The number of fused-ring (bicyclic) bond motifs is 2. The number of carbonyl (C=O) groups is 1.